The molecule has 0 aliphatic carbocycles. The van der Waals surface area contributed by atoms with Crippen LogP contribution < -0.4 is 4.90 Å². The van der Waals surface area contributed by atoms with Gasteiger partial charge in [0.1, 0.15) is 5.69 Å². The number of furan rings is 1. The Morgan fingerprint density at radius 2 is 2.35 bits per heavy atom. The summed E-state index contributed by atoms with van der Waals surface area (Å²) >= 11 is 0. The zero-order valence-electron chi connectivity index (χ0n) is 9.33. The van der Waals surface area contributed by atoms with Crippen LogP contribution >= 0.6 is 0 Å². The van der Waals surface area contributed by atoms with Crippen molar-refractivity contribution < 1.29 is 14.3 Å². The summed E-state index contributed by atoms with van der Waals surface area (Å²) in [6.45, 7) is 0.652. The lowest BCUT2D eigenvalue weighted by molar-refractivity contribution is 0.0690. The standard InChI is InChI=1S/C12H12N2O3/c1-14(7-9-3-5-17-8-9)10-2-4-13-11(6-10)12(15)16/h2-6,8H,7H2,1H3,(H,15,16). The number of nitrogens with zero attached hydrogens (tertiary/aromatic N) is 2. The normalized spacial score (nSPS) is 10.2. The molecule has 2 aromatic heterocycles. The highest BCUT2D eigenvalue weighted by Crippen LogP contribution is 2.16. The molecule has 5 heteroatoms. The number of rotatable bonds is 4. The summed E-state index contributed by atoms with van der Waals surface area (Å²) in [7, 11) is 1.88. The minimum absolute atomic E-state index is 0.0431. The van der Waals surface area contributed by atoms with Crippen LogP contribution in [0.4, 0.5) is 5.69 Å². The zero-order chi connectivity index (χ0) is 12.3. The Balaban J connectivity index is 2.16. The number of aromatic nitrogens is 1. The molecule has 17 heavy (non-hydrogen) atoms. The largest absolute Gasteiger partial charge is 0.477 e. The quantitative estimate of drug-likeness (QED) is 0.873. The highest BCUT2D eigenvalue weighted by Gasteiger charge is 2.08. The van der Waals surface area contributed by atoms with Crippen molar-refractivity contribution in [3.8, 4) is 0 Å². The van der Waals surface area contributed by atoms with Gasteiger partial charge in [-0.1, -0.05) is 0 Å². The Morgan fingerprint density at radius 1 is 1.53 bits per heavy atom. The van der Waals surface area contributed by atoms with Gasteiger partial charge in [-0.25, -0.2) is 9.78 Å². The molecule has 2 rings (SSSR count). The third-order valence-corrected chi connectivity index (χ3v) is 2.40. The number of carboxylic acids is 1. The second kappa shape index (κ2) is 4.69. The van der Waals surface area contributed by atoms with Crippen molar-refractivity contribution in [1.29, 1.82) is 0 Å². The summed E-state index contributed by atoms with van der Waals surface area (Å²) in [4.78, 5) is 16.5. The number of carbonyl (C=O) groups is 1. The number of hydrogen-bond donors (Lipinski definition) is 1. The lowest BCUT2D eigenvalue weighted by atomic mass is 10.2. The summed E-state index contributed by atoms with van der Waals surface area (Å²) in [5, 5.41) is 8.85. The maximum atomic E-state index is 10.8. The Hall–Kier alpha value is -2.30. The molecular weight excluding hydrogens is 220 g/mol. The van der Waals surface area contributed by atoms with Crippen molar-refractivity contribution >= 4 is 11.7 Å². The smallest absolute Gasteiger partial charge is 0.354 e. The van der Waals surface area contributed by atoms with Crippen LogP contribution in [0.3, 0.4) is 0 Å². The number of anilines is 1. The van der Waals surface area contributed by atoms with Gasteiger partial charge in [-0.2, -0.15) is 0 Å². The molecule has 1 N–H and O–H groups in total. The fourth-order valence-corrected chi connectivity index (χ4v) is 1.52. The molecule has 0 bridgehead atoms. The molecule has 0 radical (unpaired) electrons. The number of carboxylic acid groups (broad SMARTS) is 1. The second-order valence-corrected chi connectivity index (χ2v) is 3.69. The van der Waals surface area contributed by atoms with E-state index in [0.717, 1.165) is 11.3 Å². The van der Waals surface area contributed by atoms with E-state index in [4.69, 9.17) is 9.52 Å². The van der Waals surface area contributed by atoms with E-state index in [1.165, 1.54) is 6.20 Å². The van der Waals surface area contributed by atoms with Crippen molar-refractivity contribution in [2.45, 2.75) is 6.54 Å². The highest BCUT2D eigenvalue weighted by atomic mass is 16.4. The van der Waals surface area contributed by atoms with E-state index in [1.807, 2.05) is 18.0 Å². The van der Waals surface area contributed by atoms with Crippen LogP contribution in [-0.2, 0) is 6.54 Å². The van der Waals surface area contributed by atoms with Crippen LogP contribution in [0.25, 0.3) is 0 Å². The van der Waals surface area contributed by atoms with Crippen molar-refractivity contribution in [3.63, 3.8) is 0 Å². The topological polar surface area (TPSA) is 66.6 Å². The molecule has 0 atom stereocenters. The van der Waals surface area contributed by atoms with E-state index in [9.17, 15) is 4.79 Å². The van der Waals surface area contributed by atoms with Gasteiger partial charge in [-0.05, 0) is 18.2 Å². The molecule has 0 aliphatic rings. The average Bonchev–Trinajstić information content (AvgIpc) is 2.82. The van der Waals surface area contributed by atoms with E-state index >= 15 is 0 Å². The number of pyridine rings is 1. The van der Waals surface area contributed by atoms with Gasteiger partial charge in [0.15, 0.2) is 0 Å². The van der Waals surface area contributed by atoms with Crippen LogP contribution in [-0.4, -0.2) is 23.1 Å². The Labute approximate surface area is 98.3 Å². The Bertz CT molecular complexity index is 508. The van der Waals surface area contributed by atoms with Gasteiger partial charge >= 0.3 is 5.97 Å². The van der Waals surface area contributed by atoms with Gasteiger partial charge in [0.2, 0.25) is 0 Å². The van der Waals surface area contributed by atoms with Gasteiger partial charge in [0.25, 0.3) is 0 Å². The molecule has 0 saturated carbocycles. The average molecular weight is 232 g/mol. The molecule has 88 valence electrons. The zero-order valence-corrected chi connectivity index (χ0v) is 9.33. The molecule has 0 fully saturated rings. The van der Waals surface area contributed by atoms with Crippen LogP contribution in [0, 0.1) is 0 Å². The molecule has 2 heterocycles. The van der Waals surface area contributed by atoms with Gasteiger partial charge in [0.05, 0.1) is 12.5 Å². The maximum absolute atomic E-state index is 10.8. The molecule has 0 unspecified atom stereocenters. The van der Waals surface area contributed by atoms with Crippen LogP contribution in [0.2, 0.25) is 0 Å². The van der Waals surface area contributed by atoms with Gasteiger partial charge in [-0.15, -0.1) is 0 Å². The van der Waals surface area contributed by atoms with E-state index in [1.54, 1.807) is 24.7 Å². The first kappa shape index (κ1) is 11.2. The summed E-state index contributed by atoms with van der Waals surface area (Å²) in [5.41, 5.74) is 1.88. The van der Waals surface area contributed by atoms with Crippen LogP contribution in [0.5, 0.6) is 0 Å². The first-order chi connectivity index (χ1) is 8.16. The molecule has 5 nitrogen and oxygen atoms in total. The molecule has 0 aliphatic heterocycles. The van der Waals surface area contributed by atoms with Gasteiger partial charge in [0, 0.05) is 31.0 Å². The molecule has 0 amide bonds. The van der Waals surface area contributed by atoms with E-state index < -0.39 is 5.97 Å². The number of aromatic carboxylic acids is 1. The van der Waals surface area contributed by atoms with Crippen molar-refractivity contribution in [3.05, 3.63) is 48.2 Å². The third kappa shape index (κ3) is 2.63. The van der Waals surface area contributed by atoms with E-state index in [2.05, 4.69) is 4.98 Å². The lowest BCUT2D eigenvalue weighted by Crippen LogP contribution is -2.16. The highest BCUT2D eigenvalue weighted by molar-refractivity contribution is 5.86. The van der Waals surface area contributed by atoms with E-state index in [-0.39, 0.29) is 5.69 Å². The minimum Gasteiger partial charge on any atom is -0.477 e. The van der Waals surface area contributed by atoms with E-state index in [0.29, 0.717) is 6.54 Å². The summed E-state index contributed by atoms with van der Waals surface area (Å²) in [6, 6.07) is 5.19. The maximum Gasteiger partial charge on any atom is 0.354 e. The predicted octanol–water partition coefficient (Wildman–Crippen LogP) is 2.01. The third-order valence-electron chi connectivity index (χ3n) is 2.40. The number of hydrogen-bond acceptors (Lipinski definition) is 4. The lowest BCUT2D eigenvalue weighted by Gasteiger charge is -2.18. The summed E-state index contributed by atoms with van der Waals surface area (Å²) in [5.74, 6) is -1.02. The van der Waals surface area contributed by atoms with Crippen LogP contribution in [0.15, 0.2) is 41.3 Å². The van der Waals surface area contributed by atoms with Crippen LogP contribution in [0.1, 0.15) is 16.1 Å². The SMILES string of the molecule is CN(Cc1ccoc1)c1ccnc(C(=O)O)c1. The molecule has 2 aromatic rings. The first-order valence-corrected chi connectivity index (χ1v) is 5.08. The predicted molar refractivity (Wildman–Crippen MR) is 62.0 cm³/mol. The van der Waals surface area contributed by atoms with Crippen molar-refractivity contribution in [2.75, 3.05) is 11.9 Å². The molecule has 0 saturated heterocycles. The van der Waals surface area contributed by atoms with Crippen molar-refractivity contribution in [2.24, 2.45) is 0 Å². The minimum atomic E-state index is -1.02. The van der Waals surface area contributed by atoms with Gasteiger partial charge < -0.3 is 14.4 Å². The fraction of sp³-hybridized carbons (Fsp3) is 0.167. The monoisotopic (exact) mass is 232 g/mol. The second-order valence-electron chi connectivity index (χ2n) is 3.69. The van der Waals surface area contributed by atoms with Crippen molar-refractivity contribution in [1.82, 2.24) is 4.98 Å². The molecule has 0 aromatic carbocycles. The molecule has 0 spiro atoms. The van der Waals surface area contributed by atoms with Gasteiger partial charge in [-0.3, -0.25) is 0 Å². The Morgan fingerprint density at radius 3 is 3.00 bits per heavy atom. The first-order valence-electron chi connectivity index (χ1n) is 5.08. The summed E-state index contributed by atoms with van der Waals surface area (Å²) in [6.07, 6.45) is 4.76. The Kier molecular flexibility index (Phi) is 3.09. The molecular formula is C12H12N2O3. The summed E-state index contributed by atoms with van der Waals surface area (Å²) < 4.78 is 4.98. The fourth-order valence-electron chi connectivity index (χ4n) is 1.52.